The van der Waals surface area contributed by atoms with Crippen LogP contribution in [0.5, 0.6) is 0 Å². The topological polar surface area (TPSA) is 46.9 Å². The number of aromatic nitrogens is 2. The molecule has 4 nitrogen and oxygen atoms in total. The fourth-order valence-corrected chi connectivity index (χ4v) is 1.80. The van der Waals surface area contributed by atoms with Crippen molar-refractivity contribution in [2.45, 2.75) is 19.1 Å². The molecule has 0 spiro atoms. The summed E-state index contributed by atoms with van der Waals surface area (Å²) in [6, 6.07) is 6.38. The molecule has 1 amide bonds. The lowest BCUT2D eigenvalue weighted by Crippen LogP contribution is -2.28. The van der Waals surface area contributed by atoms with E-state index in [1.807, 2.05) is 0 Å². The normalized spacial score (nSPS) is 11.5. The van der Waals surface area contributed by atoms with Gasteiger partial charge in [0.2, 0.25) is 5.91 Å². The van der Waals surface area contributed by atoms with Gasteiger partial charge in [-0.3, -0.25) is 9.48 Å². The van der Waals surface area contributed by atoms with E-state index in [2.05, 4.69) is 10.4 Å². The number of alkyl halides is 3. The number of carbonyl (C=O) groups excluding carboxylic acids is 1. The van der Waals surface area contributed by atoms with Crippen LogP contribution >= 0.6 is 0 Å². The number of rotatable bonds is 5. The van der Waals surface area contributed by atoms with Crippen LogP contribution < -0.4 is 5.32 Å². The number of hydrogen-bond donors (Lipinski definition) is 1. The van der Waals surface area contributed by atoms with E-state index in [-0.39, 0.29) is 31.2 Å². The van der Waals surface area contributed by atoms with E-state index >= 15 is 0 Å². The Hall–Kier alpha value is -2.38. The quantitative estimate of drug-likeness (QED) is 0.861. The minimum Gasteiger partial charge on any atom is -0.354 e. The summed E-state index contributed by atoms with van der Waals surface area (Å²) < 4.78 is 50.9. The number of benzene rings is 1. The molecule has 1 heterocycles. The SMILES string of the molecule is O=C(Cc1ccc(F)cc1)NCCn1ccc(C(F)(F)F)n1. The Morgan fingerprint density at radius 3 is 2.45 bits per heavy atom. The number of halogens is 4. The molecule has 8 heteroatoms. The van der Waals surface area contributed by atoms with Crippen LogP contribution in [0.3, 0.4) is 0 Å². The zero-order chi connectivity index (χ0) is 16.2. The van der Waals surface area contributed by atoms with Crippen molar-refractivity contribution < 1.29 is 22.4 Å². The predicted molar refractivity (Wildman–Crippen MR) is 70.3 cm³/mol. The smallest absolute Gasteiger partial charge is 0.354 e. The van der Waals surface area contributed by atoms with Crippen molar-refractivity contribution >= 4 is 5.91 Å². The lowest BCUT2D eigenvalue weighted by molar-refractivity contribution is -0.141. The summed E-state index contributed by atoms with van der Waals surface area (Å²) >= 11 is 0. The number of hydrogen-bond acceptors (Lipinski definition) is 2. The molecule has 1 N–H and O–H groups in total. The first-order valence-corrected chi connectivity index (χ1v) is 6.46. The van der Waals surface area contributed by atoms with Crippen molar-refractivity contribution in [1.82, 2.24) is 15.1 Å². The van der Waals surface area contributed by atoms with Crippen LogP contribution in [0, 0.1) is 5.82 Å². The van der Waals surface area contributed by atoms with E-state index < -0.39 is 11.9 Å². The first kappa shape index (κ1) is 16.0. The summed E-state index contributed by atoms with van der Waals surface area (Å²) in [6.45, 7) is 0.282. The maximum atomic E-state index is 12.7. The third-order valence-electron chi connectivity index (χ3n) is 2.87. The van der Waals surface area contributed by atoms with Crippen LogP contribution in [0.2, 0.25) is 0 Å². The highest BCUT2D eigenvalue weighted by molar-refractivity contribution is 5.78. The number of amides is 1. The monoisotopic (exact) mass is 315 g/mol. The van der Waals surface area contributed by atoms with Crippen molar-refractivity contribution in [1.29, 1.82) is 0 Å². The van der Waals surface area contributed by atoms with Gasteiger partial charge in [0.05, 0.1) is 13.0 Å². The molecule has 0 saturated carbocycles. The molecule has 0 aliphatic carbocycles. The molecule has 0 aliphatic heterocycles. The highest BCUT2D eigenvalue weighted by atomic mass is 19.4. The molecule has 0 saturated heterocycles. The van der Waals surface area contributed by atoms with E-state index in [0.29, 0.717) is 5.56 Å². The van der Waals surface area contributed by atoms with Crippen molar-refractivity contribution in [3.8, 4) is 0 Å². The van der Waals surface area contributed by atoms with Gasteiger partial charge in [-0.1, -0.05) is 12.1 Å². The summed E-state index contributed by atoms with van der Waals surface area (Å²) in [4.78, 5) is 11.6. The molecule has 1 aromatic carbocycles. The molecule has 22 heavy (non-hydrogen) atoms. The first-order chi connectivity index (χ1) is 10.3. The van der Waals surface area contributed by atoms with Gasteiger partial charge >= 0.3 is 6.18 Å². The van der Waals surface area contributed by atoms with Gasteiger partial charge in [-0.25, -0.2) is 4.39 Å². The second-order valence-corrected chi connectivity index (χ2v) is 4.62. The van der Waals surface area contributed by atoms with Gasteiger partial charge in [-0.15, -0.1) is 0 Å². The molecule has 0 radical (unpaired) electrons. The van der Waals surface area contributed by atoms with E-state index in [1.165, 1.54) is 30.5 Å². The summed E-state index contributed by atoms with van der Waals surface area (Å²) in [5.41, 5.74) is -0.317. The molecule has 1 aromatic heterocycles. The fraction of sp³-hybridized carbons (Fsp3) is 0.286. The van der Waals surface area contributed by atoms with Crippen LogP contribution in [0.1, 0.15) is 11.3 Å². The molecule has 0 bridgehead atoms. The van der Waals surface area contributed by atoms with Gasteiger partial charge in [0.25, 0.3) is 0 Å². The third-order valence-corrected chi connectivity index (χ3v) is 2.87. The molecular formula is C14H13F4N3O. The van der Waals surface area contributed by atoms with Crippen LogP contribution in [-0.2, 0) is 23.9 Å². The average molecular weight is 315 g/mol. The molecule has 0 unspecified atom stereocenters. The van der Waals surface area contributed by atoms with Gasteiger partial charge in [0.1, 0.15) is 5.82 Å². The zero-order valence-electron chi connectivity index (χ0n) is 11.4. The molecule has 118 valence electrons. The second-order valence-electron chi connectivity index (χ2n) is 4.62. The Morgan fingerprint density at radius 2 is 1.86 bits per heavy atom. The Bertz CT molecular complexity index is 634. The summed E-state index contributed by atoms with van der Waals surface area (Å²) in [5.74, 6) is -0.682. The van der Waals surface area contributed by atoms with E-state index in [0.717, 1.165) is 10.7 Å². The van der Waals surface area contributed by atoms with Gasteiger partial charge in [-0.05, 0) is 23.8 Å². The van der Waals surface area contributed by atoms with Crippen LogP contribution in [0.25, 0.3) is 0 Å². The van der Waals surface area contributed by atoms with Crippen molar-refractivity contribution in [2.75, 3.05) is 6.54 Å². The van der Waals surface area contributed by atoms with Crippen LogP contribution in [0.4, 0.5) is 17.6 Å². The molecular weight excluding hydrogens is 302 g/mol. The molecule has 2 rings (SSSR count). The van der Waals surface area contributed by atoms with Gasteiger partial charge < -0.3 is 5.32 Å². The number of carbonyl (C=O) groups is 1. The first-order valence-electron chi connectivity index (χ1n) is 6.46. The Labute approximate surface area is 123 Å². The standard InChI is InChI=1S/C14H13F4N3O/c15-11-3-1-10(2-4-11)9-13(22)19-6-8-21-7-5-12(20-21)14(16,17)18/h1-5,7H,6,8-9H2,(H,19,22). The minimum absolute atomic E-state index is 0.0766. The zero-order valence-corrected chi connectivity index (χ0v) is 11.4. The Morgan fingerprint density at radius 1 is 1.18 bits per heavy atom. The highest BCUT2D eigenvalue weighted by Crippen LogP contribution is 2.27. The maximum absolute atomic E-state index is 12.7. The van der Waals surface area contributed by atoms with Crippen molar-refractivity contribution in [3.63, 3.8) is 0 Å². The van der Waals surface area contributed by atoms with Crippen LogP contribution in [-0.4, -0.2) is 22.2 Å². The Balaban J connectivity index is 1.77. The Kier molecular flexibility index (Phi) is 4.79. The molecule has 0 fully saturated rings. The van der Waals surface area contributed by atoms with Crippen LogP contribution in [0.15, 0.2) is 36.5 Å². The fourth-order valence-electron chi connectivity index (χ4n) is 1.80. The number of nitrogens with one attached hydrogen (secondary N) is 1. The van der Waals surface area contributed by atoms with E-state index in [1.54, 1.807) is 0 Å². The summed E-state index contributed by atoms with van der Waals surface area (Å²) in [7, 11) is 0. The average Bonchev–Trinajstić information content (AvgIpc) is 2.90. The summed E-state index contributed by atoms with van der Waals surface area (Å²) in [6.07, 6.45) is -3.20. The lowest BCUT2D eigenvalue weighted by Gasteiger charge is -2.06. The van der Waals surface area contributed by atoms with Gasteiger partial charge in [0, 0.05) is 12.7 Å². The van der Waals surface area contributed by atoms with E-state index in [4.69, 9.17) is 0 Å². The third kappa shape index (κ3) is 4.57. The molecule has 0 atom stereocenters. The maximum Gasteiger partial charge on any atom is 0.435 e. The molecule has 2 aromatic rings. The van der Waals surface area contributed by atoms with Gasteiger partial charge in [-0.2, -0.15) is 18.3 Å². The predicted octanol–water partition coefficient (Wildman–Crippen LogP) is 2.40. The lowest BCUT2D eigenvalue weighted by atomic mass is 10.1. The van der Waals surface area contributed by atoms with E-state index in [9.17, 15) is 22.4 Å². The van der Waals surface area contributed by atoms with Crippen molar-refractivity contribution in [2.24, 2.45) is 0 Å². The molecule has 0 aliphatic rings. The minimum atomic E-state index is -4.48. The second kappa shape index (κ2) is 6.59. The number of nitrogens with zero attached hydrogens (tertiary/aromatic N) is 2. The summed E-state index contributed by atoms with van der Waals surface area (Å²) in [5, 5.41) is 5.94. The van der Waals surface area contributed by atoms with Gasteiger partial charge in [0.15, 0.2) is 5.69 Å². The largest absolute Gasteiger partial charge is 0.435 e. The highest BCUT2D eigenvalue weighted by Gasteiger charge is 2.33. The van der Waals surface area contributed by atoms with Crippen molar-refractivity contribution in [3.05, 3.63) is 53.6 Å².